The van der Waals surface area contributed by atoms with Gasteiger partial charge >= 0.3 is 5.97 Å². The summed E-state index contributed by atoms with van der Waals surface area (Å²) in [5, 5.41) is 0. The number of ether oxygens (including phenoxy) is 3. The smallest absolute Gasteiger partial charge is 0.338 e. The van der Waals surface area contributed by atoms with Crippen LogP contribution in [0.4, 0.5) is 4.39 Å². The molecule has 4 aromatic rings. The molecule has 1 aliphatic rings. The van der Waals surface area contributed by atoms with E-state index >= 15 is 0 Å². The average molecular weight is 652 g/mol. The number of rotatable bonds is 8. The number of carbonyl (C=O) groups excluding carboxylic acids is 1. The molecule has 10 heteroatoms. The Hall–Kier alpha value is -4.02. The normalized spacial score (nSPS) is 14.8. The van der Waals surface area contributed by atoms with Gasteiger partial charge in [-0.15, -0.1) is 0 Å². The lowest BCUT2D eigenvalue weighted by Crippen LogP contribution is -2.39. The quantitative estimate of drug-likeness (QED) is 0.232. The van der Waals surface area contributed by atoms with Crippen LogP contribution in [0.1, 0.15) is 42.1 Å². The molecule has 42 heavy (non-hydrogen) atoms. The molecule has 0 bridgehead atoms. The van der Waals surface area contributed by atoms with Crippen LogP contribution in [0.15, 0.2) is 86.2 Å². The van der Waals surface area contributed by atoms with E-state index in [9.17, 15) is 14.0 Å². The third kappa shape index (κ3) is 5.96. The van der Waals surface area contributed by atoms with Crippen molar-refractivity contribution in [3.63, 3.8) is 0 Å². The van der Waals surface area contributed by atoms with Crippen LogP contribution >= 0.6 is 27.3 Å². The number of hydrogen-bond acceptors (Lipinski definition) is 7. The zero-order chi connectivity index (χ0) is 30.0. The minimum atomic E-state index is -0.678. The van der Waals surface area contributed by atoms with E-state index in [1.54, 1.807) is 48.8 Å². The van der Waals surface area contributed by atoms with Crippen molar-refractivity contribution in [1.82, 2.24) is 4.57 Å². The first-order valence-corrected chi connectivity index (χ1v) is 14.8. The van der Waals surface area contributed by atoms with Gasteiger partial charge in [0, 0.05) is 4.47 Å². The van der Waals surface area contributed by atoms with E-state index in [0.717, 1.165) is 16.7 Å². The molecule has 0 saturated heterocycles. The highest BCUT2D eigenvalue weighted by molar-refractivity contribution is 9.10. The zero-order valence-electron chi connectivity index (χ0n) is 23.4. The fourth-order valence-electron chi connectivity index (χ4n) is 4.67. The first-order valence-electron chi connectivity index (χ1n) is 13.2. The van der Waals surface area contributed by atoms with Crippen LogP contribution < -0.4 is 24.4 Å². The van der Waals surface area contributed by atoms with Crippen LogP contribution in [0.25, 0.3) is 6.08 Å². The SMILES string of the molecule is CCOC(=O)C1=C(C)N=c2s/c(=C/c3cc(OC)c(OCc4ccc(F)cc4)cc3Br)c(=O)n2[C@@H]1c1ccc(C)cc1. The van der Waals surface area contributed by atoms with Gasteiger partial charge in [-0.2, -0.15) is 0 Å². The highest BCUT2D eigenvalue weighted by atomic mass is 79.9. The minimum Gasteiger partial charge on any atom is -0.493 e. The number of nitrogens with zero attached hydrogens (tertiary/aromatic N) is 2. The lowest BCUT2D eigenvalue weighted by molar-refractivity contribution is -0.139. The maximum Gasteiger partial charge on any atom is 0.338 e. The molecule has 0 N–H and O–H groups in total. The van der Waals surface area contributed by atoms with Crippen molar-refractivity contribution in [2.75, 3.05) is 13.7 Å². The van der Waals surface area contributed by atoms with Crippen molar-refractivity contribution in [2.45, 2.75) is 33.4 Å². The summed E-state index contributed by atoms with van der Waals surface area (Å²) in [7, 11) is 1.53. The van der Waals surface area contributed by atoms with Gasteiger partial charge in [-0.25, -0.2) is 14.2 Å². The van der Waals surface area contributed by atoms with Gasteiger partial charge in [0.15, 0.2) is 16.3 Å². The number of esters is 1. The Morgan fingerprint density at radius 1 is 1.10 bits per heavy atom. The summed E-state index contributed by atoms with van der Waals surface area (Å²) >= 11 is 4.84. The molecule has 0 saturated carbocycles. The van der Waals surface area contributed by atoms with Crippen LogP contribution in [0.3, 0.4) is 0 Å². The fraction of sp³-hybridized carbons (Fsp3) is 0.219. The summed E-state index contributed by atoms with van der Waals surface area (Å²) in [5.74, 6) is 0.146. The van der Waals surface area contributed by atoms with Gasteiger partial charge in [0.1, 0.15) is 12.4 Å². The standard InChI is InChI=1S/C32H28BrFN2O5S/c1-5-40-31(38)28-19(3)35-32-36(29(28)21-10-6-18(2)7-11-21)30(37)27(42-32)15-22-14-25(39-4)26(16-24(22)33)41-17-20-8-12-23(34)13-9-20/h6-16,29H,5,17H2,1-4H3/b27-15+/t29-/m1/s1. The van der Waals surface area contributed by atoms with E-state index in [4.69, 9.17) is 14.2 Å². The van der Waals surface area contributed by atoms with E-state index < -0.39 is 12.0 Å². The van der Waals surface area contributed by atoms with Crippen molar-refractivity contribution in [3.05, 3.63) is 124 Å². The number of allylic oxidation sites excluding steroid dienone is 1. The largest absolute Gasteiger partial charge is 0.493 e. The van der Waals surface area contributed by atoms with Gasteiger partial charge in [-0.1, -0.05) is 69.2 Å². The average Bonchev–Trinajstić information content (AvgIpc) is 3.27. The second-order valence-electron chi connectivity index (χ2n) is 9.65. The molecule has 216 valence electrons. The molecule has 1 atom stereocenters. The Morgan fingerprint density at radius 3 is 2.48 bits per heavy atom. The van der Waals surface area contributed by atoms with Crippen molar-refractivity contribution in [1.29, 1.82) is 0 Å². The van der Waals surface area contributed by atoms with Crippen molar-refractivity contribution >= 4 is 39.3 Å². The molecule has 0 amide bonds. The monoisotopic (exact) mass is 650 g/mol. The highest BCUT2D eigenvalue weighted by Gasteiger charge is 2.33. The van der Waals surface area contributed by atoms with E-state index in [-0.39, 0.29) is 24.6 Å². The molecule has 0 radical (unpaired) electrons. The molecule has 7 nitrogen and oxygen atoms in total. The molecule has 2 heterocycles. The number of halogens is 2. The van der Waals surface area contributed by atoms with E-state index in [0.29, 0.717) is 42.1 Å². The van der Waals surface area contributed by atoms with E-state index in [1.807, 2.05) is 31.2 Å². The lowest BCUT2D eigenvalue weighted by Gasteiger charge is -2.24. The molecular formula is C32H28BrFN2O5S. The van der Waals surface area contributed by atoms with Gasteiger partial charge in [0.25, 0.3) is 5.56 Å². The molecule has 3 aromatic carbocycles. The Kier molecular flexibility index (Phi) is 8.74. The number of benzene rings is 3. The maximum absolute atomic E-state index is 13.9. The van der Waals surface area contributed by atoms with Crippen molar-refractivity contribution in [2.24, 2.45) is 4.99 Å². The summed E-state index contributed by atoms with van der Waals surface area (Å²) in [6.07, 6.45) is 1.76. The zero-order valence-corrected chi connectivity index (χ0v) is 25.8. The van der Waals surface area contributed by atoms with E-state index in [1.165, 1.54) is 30.6 Å². The number of methoxy groups -OCH3 is 1. The Balaban J connectivity index is 1.57. The number of aromatic nitrogens is 1. The third-order valence-corrected chi connectivity index (χ3v) is 8.46. The van der Waals surface area contributed by atoms with Crippen LogP contribution in [-0.4, -0.2) is 24.3 Å². The molecule has 1 aliphatic heterocycles. The van der Waals surface area contributed by atoms with E-state index in [2.05, 4.69) is 20.9 Å². The number of aryl methyl sites for hydroxylation is 1. The maximum atomic E-state index is 13.9. The Bertz CT molecular complexity index is 1860. The Labute approximate surface area is 254 Å². The summed E-state index contributed by atoms with van der Waals surface area (Å²) < 4.78 is 32.8. The molecule has 0 aliphatic carbocycles. The van der Waals surface area contributed by atoms with Crippen LogP contribution in [0, 0.1) is 12.7 Å². The topological polar surface area (TPSA) is 79.1 Å². The van der Waals surface area contributed by atoms with Crippen LogP contribution in [-0.2, 0) is 16.1 Å². The first-order chi connectivity index (χ1) is 20.2. The highest BCUT2D eigenvalue weighted by Crippen LogP contribution is 2.35. The summed E-state index contributed by atoms with van der Waals surface area (Å²) in [6, 6.07) is 16.7. The molecule has 0 fully saturated rings. The summed E-state index contributed by atoms with van der Waals surface area (Å²) in [4.78, 5) is 32.1. The van der Waals surface area contributed by atoms with Gasteiger partial charge in [-0.05, 0) is 67.8 Å². The third-order valence-electron chi connectivity index (χ3n) is 6.79. The molecule has 1 aromatic heterocycles. The predicted octanol–water partition coefficient (Wildman–Crippen LogP) is 5.60. The number of carbonyl (C=O) groups is 1. The predicted molar refractivity (Wildman–Crippen MR) is 163 cm³/mol. The van der Waals surface area contributed by atoms with Crippen LogP contribution in [0.2, 0.25) is 0 Å². The number of thiazole rings is 1. The van der Waals surface area contributed by atoms with Crippen molar-refractivity contribution < 1.29 is 23.4 Å². The number of fused-ring (bicyclic) bond motifs is 1. The second kappa shape index (κ2) is 12.5. The molecule has 0 spiro atoms. The first kappa shape index (κ1) is 29.5. The minimum absolute atomic E-state index is 0.208. The van der Waals surface area contributed by atoms with Crippen molar-refractivity contribution in [3.8, 4) is 11.5 Å². The second-order valence-corrected chi connectivity index (χ2v) is 11.5. The van der Waals surface area contributed by atoms with Gasteiger partial charge < -0.3 is 14.2 Å². The lowest BCUT2D eigenvalue weighted by atomic mass is 9.95. The summed E-state index contributed by atoms with van der Waals surface area (Å²) in [5.41, 5.74) is 3.92. The fourth-order valence-corrected chi connectivity index (χ4v) is 6.15. The Morgan fingerprint density at radius 2 is 1.81 bits per heavy atom. The molecular weight excluding hydrogens is 623 g/mol. The van der Waals surface area contributed by atoms with Gasteiger partial charge in [-0.3, -0.25) is 9.36 Å². The van der Waals surface area contributed by atoms with Gasteiger partial charge in [0.2, 0.25) is 0 Å². The summed E-state index contributed by atoms with van der Waals surface area (Å²) in [6.45, 7) is 5.92. The molecule has 5 rings (SSSR count). The van der Waals surface area contributed by atoms with Gasteiger partial charge in [0.05, 0.1) is 35.6 Å². The number of hydrogen-bond donors (Lipinski definition) is 0. The molecule has 0 unspecified atom stereocenters. The van der Waals surface area contributed by atoms with Crippen LogP contribution in [0.5, 0.6) is 11.5 Å².